The SMILES string of the molecule is CCNC(=NCc1nnc2n1CCCC2)N1CCc2cc(OC)c(OC)cc2C1. The highest BCUT2D eigenvalue weighted by atomic mass is 16.5. The number of nitrogens with zero attached hydrogens (tertiary/aromatic N) is 5. The number of benzene rings is 1. The summed E-state index contributed by atoms with van der Waals surface area (Å²) in [6, 6.07) is 4.18. The predicted octanol–water partition coefficient (Wildman–Crippen LogP) is 2.16. The van der Waals surface area contributed by atoms with Crippen LogP contribution in [0.4, 0.5) is 0 Å². The molecular formula is C21H30N6O2. The van der Waals surface area contributed by atoms with Gasteiger partial charge in [0, 0.05) is 32.6 Å². The number of aliphatic imine (C=N–C) groups is 1. The van der Waals surface area contributed by atoms with E-state index in [4.69, 9.17) is 14.5 Å². The number of rotatable bonds is 5. The van der Waals surface area contributed by atoms with Crippen LogP contribution in [0, 0.1) is 0 Å². The van der Waals surface area contributed by atoms with Gasteiger partial charge in [-0.1, -0.05) is 0 Å². The summed E-state index contributed by atoms with van der Waals surface area (Å²) in [5, 5.41) is 12.2. The van der Waals surface area contributed by atoms with E-state index in [0.29, 0.717) is 6.54 Å². The molecular weight excluding hydrogens is 368 g/mol. The van der Waals surface area contributed by atoms with Crippen molar-refractivity contribution < 1.29 is 9.47 Å². The summed E-state index contributed by atoms with van der Waals surface area (Å²) in [6.45, 7) is 6.17. The average molecular weight is 399 g/mol. The number of ether oxygens (including phenoxy) is 2. The highest BCUT2D eigenvalue weighted by molar-refractivity contribution is 5.80. The Hall–Kier alpha value is -2.77. The minimum absolute atomic E-state index is 0.546. The zero-order valence-corrected chi connectivity index (χ0v) is 17.6. The number of guanidine groups is 1. The number of aromatic nitrogens is 3. The minimum atomic E-state index is 0.546. The standard InChI is InChI=1S/C21H30N6O2/c1-4-22-21(23-13-20-25-24-19-7-5-6-9-27(19)20)26-10-8-15-11-17(28-2)18(29-3)12-16(15)14-26/h11-12H,4-10,13-14H2,1-3H3,(H,22,23). The van der Waals surface area contributed by atoms with Crippen LogP contribution in [0.5, 0.6) is 11.5 Å². The molecule has 0 spiro atoms. The van der Waals surface area contributed by atoms with E-state index < -0.39 is 0 Å². The molecule has 0 atom stereocenters. The van der Waals surface area contributed by atoms with Gasteiger partial charge in [-0.2, -0.15) is 0 Å². The summed E-state index contributed by atoms with van der Waals surface area (Å²) >= 11 is 0. The largest absolute Gasteiger partial charge is 0.493 e. The van der Waals surface area contributed by atoms with Crippen LogP contribution in [0.3, 0.4) is 0 Å². The average Bonchev–Trinajstić information content (AvgIpc) is 3.18. The van der Waals surface area contributed by atoms with Gasteiger partial charge >= 0.3 is 0 Å². The molecule has 29 heavy (non-hydrogen) atoms. The van der Waals surface area contributed by atoms with Crippen LogP contribution in [-0.4, -0.2) is 52.9 Å². The Bertz CT molecular complexity index is 892. The van der Waals surface area contributed by atoms with Gasteiger partial charge in [0.05, 0.1) is 14.2 Å². The van der Waals surface area contributed by atoms with Gasteiger partial charge < -0.3 is 24.3 Å². The molecule has 156 valence electrons. The summed E-state index contributed by atoms with van der Waals surface area (Å²) in [5.41, 5.74) is 2.56. The van der Waals surface area contributed by atoms with Crippen molar-refractivity contribution in [2.24, 2.45) is 4.99 Å². The van der Waals surface area contributed by atoms with E-state index in [0.717, 1.165) is 68.1 Å². The molecule has 1 aromatic heterocycles. The highest BCUT2D eigenvalue weighted by Gasteiger charge is 2.22. The van der Waals surface area contributed by atoms with Crippen LogP contribution in [-0.2, 0) is 32.5 Å². The van der Waals surface area contributed by atoms with Crippen LogP contribution in [0.25, 0.3) is 0 Å². The zero-order valence-electron chi connectivity index (χ0n) is 17.6. The van der Waals surface area contributed by atoms with Crippen LogP contribution in [0.2, 0.25) is 0 Å². The first-order valence-corrected chi connectivity index (χ1v) is 10.4. The molecule has 8 nitrogen and oxygen atoms in total. The van der Waals surface area contributed by atoms with Crippen molar-refractivity contribution in [2.45, 2.75) is 52.2 Å². The Morgan fingerprint density at radius 2 is 1.86 bits per heavy atom. The maximum atomic E-state index is 5.49. The maximum absolute atomic E-state index is 5.49. The summed E-state index contributed by atoms with van der Waals surface area (Å²) < 4.78 is 13.2. The summed E-state index contributed by atoms with van der Waals surface area (Å²) in [5.74, 6) is 4.53. The third-order valence-corrected chi connectivity index (χ3v) is 5.66. The molecule has 2 aliphatic rings. The molecule has 0 amide bonds. The smallest absolute Gasteiger partial charge is 0.194 e. The molecule has 2 aromatic rings. The van der Waals surface area contributed by atoms with Crippen LogP contribution in [0.1, 0.15) is 42.5 Å². The first-order valence-electron chi connectivity index (χ1n) is 10.4. The second kappa shape index (κ2) is 8.71. The molecule has 0 aliphatic carbocycles. The Morgan fingerprint density at radius 1 is 1.07 bits per heavy atom. The van der Waals surface area contributed by atoms with Crippen molar-refractivity contribution in [3.8, 4) is 11.5 Å². The number of nitrogens with one attached hydrogen (secondary N) is 1. The number of methoxy groups -OCH3 is 2. The van der Waals surface area contributed by atoms with Crippen molar-refractivity contribution in [1.82, 2.24) is 25.0 Å². The van der Waals surface area contributed by atoms with Crippen LogP contribution in [0.15, 0.2) is 17.1 Å². The quantitative estimate of drug-likeness (QED) is 0.614. The van der Waals surface area contributed by atoms with Crippen molar-refractivity contribution in [1.29, 1.82) is 0 Å². The lowest BCUT2D eigenvalue weighted by molar-refractivity contribution is 0.346. The summed E-state index contributed by atoms with van der Waals surface area (Å²) in [4.78, 5) is 7.19. The summed E-state index contributed by atoms with van der Waals surface area (Å²) in [6.07, 6.45) is 4.35. The lowest BCUT2D eigenvalue weighted by Crippen LogP contribution is -2.44. The highest BCUT2D eigenvalue weighted by Crippen LogP contribution is 2.33. The maximum Gasteiger partial charge on any atom is 0.194 e. The van der Waals surface area contributed by atoms with Gasteiger partial charge in [-0.25, -0.2) is 4.99 Å². The van der Waals surface area contributed by atoms with Gasteiger partial charge in [-0.3, -0.25) is 0 Å². The lowest BCUT2D eigenvalue weighted by atomic mass is 9.99. The van der Waals surface area contributed by atoms with Gasteiger partial charge in [0.25, 0.3) is 0 Å². The number of hydrogen-bond donors (Lipinski definition) is 1. The summed E-state index contributed by atoms with van der Waals surface area (Å²) in [7, 11) is 3.36. The van der Waals surface area contributed by atoms with Crippen molar-refractivity contribution in [2.75, 3.05) is 27.3 Å². The van der Waals surface area contributed by atoms with Gasteiger partial charge in [-0.05, 0) is 49.4 Å². The van der Waals surface area contributed by atoms with E-state index in [1.54, 1.807) is 14.2 Å². The zero-order chi connectivity index (χ0) is 20.2. The molecule has 0 unspecified atom stereocenters. The minimum Gasteiger partial charge on any atom is -0.493 e. The predicted molar refractivity (Wildman–Crippen MR) is 111 cm³/mol. The molecule has 4 rings (SSSR count). The van der Waals surface area contributed by atoms with Gasteiger partial charge in [-0.15, -0.1) is 10.2 Å². The fraction of sp³-hybridized carbons (Fsp3) is 0.571. The Labute approximate surface area is 171 Å². The second-order valence-electron chi connectivity index (χ2n) is 7.46. The molecule has 0 saturated heterocycles. The van der Waals surface area contributed by atoms with Gasteiger partial charge in [0.2, 0.25) is 0 Å². The Balaban J connectivity index is 1.53. The first kappa shape index (κ1) is 19.5. The van der Waals surface area contributed by atoms with Crippen molar-refractivity contribution >= 4 is 5.96 Å². The lowest BCUT2D eigenvalue weighted by Gasteiger charge is -2.32. The third kappa shape index (κ3) is 4.02. The Kier molecular flexibility index (Phi) is 5.87. The molecule has 0 radical (unpaired) electrons. The topological polar surface area (TPSA) is 76.8 Å². The number of fused-ring (bicyclic) bond motifs is 2. The molecule has 1 aromatic carbocycles. The molecule has 8 heteroatoms. The van der Waals surface area contributed by atoms with E-state index in [1.807, 2.05) is 0 Å². The van der Waals surface area contributed by atoms with E-state index in [2.05, 4.69) is 44.0 Å². The van der Waals surface area contributed by atoms with Gasteiger partial charge in [0.15, 0.2) is 23.3 Å². The first-order chi connectivity index (χ1) is 14.2. The van der Waals surface area contributed by atoms with E-state index >= 15 is 0 Å². The van der Waals surface area contributed by atoms with Crippen LogP contribution >= 0.6 is 0 Å². The molecule has 0 fully saturated rings. The Morgan fingerprint density at radius 3 is 2.62 bits per heavy atom. The van der Waals surface area contributed by atoms with Gasteiger partial charge in [0.1, 0.15) is 12.4 Å². The number of hydrogen-bond acceptors (Lipinski definition) is 5. The van der Waals surface area contributed by atoms with E-state index in [9.17, 15) is 0 Å². The fourth-order valence-corrected chi connectivity index (χ4v) is 4.12. The van der Waals surface area contributed by atoms with E-state index in [-0.39, 0.29) is 0 Å². The molecule has 0 bridgehead atoms. The van der Waals surface area contributed by atoms with Crippen molar-refractivity contribution in [3.63, 3.8) is 0 Å². The van der Waals surface area contributed by atoms with E-state index in [1.165, 1.54) is 24.0 Å². The fourth-order valence-electron chi connectivity index (χ4n) is 4.12. The molecule has 1 N–H and O–H groups in total. The van der Waals surface area contributed by atoms with Crippen molar-refractivity contribution in [3.05, 3.63) is 34.9 Å². The second-order valence-corrected chi connectivity index (χ2v) is 7.46. The third-order valence-electron chi connectivity index (χ3n) is 5.66. The normalized spacial score (nSPS) is 16.2. The monoisotopic (exact) mass is 398 g/mol. The molecule has 3 heterocycles. The molecule has 2 aliphatic heterocycles. The number of aryl methyl sites for hydroxylation is 1. The van der Waals surface area contributed by atoms with Crippen LogP contribution < -0.4 is 14.8 Å². The molecule has 0 saturated carbocycles.